The Morgan fingerprint density at radius 2 is 1.95 bits per heavy atom. The number of aliphatic hydroxyl groups excluding tert-OH is 1. The average Bonchev–Trinajstić information content (AvgIpc) is 3.74. The molecule has 1 aliphatic carbocycles. The number of nitrogens with one attached hydrogen (secondary N) is 2. The number of rotatable bonds is 14. The number of nitrogen functional groups attached to an aromatic ring is 1. The molecule has 4 aromatic rings. The van der Waals surface area contributed by atoms with Gasteiger partial charge in [0.1, 0.15) is 12.1 Å². The third kappa shape index (κ3) is 6.83. The van der Waals surface area contributed by atoms with Gasteiger partial charge in [0, 0.05) is 13.0 Å². The average molecular weight is 578 g/mol. The number of hydrogen-bond acceptors (Lipinski definition) is 11. The van der Waals surface area contributed by atoms with E-state index in [2.05, 4.69) is 25.3 Å². The van der Waals surface area contributed by atoms with Gasteiger partial charge in [-0.15, -0.1) is 0 Å². The third-order valence-corrected chi connectivity index (χ3v) is 6.86. The number of benzene rings is 2. The zero-order valence-electron chi connectivity index (χ0n) is 22.9. The van der Waals surface area contributed by atoms with Crippen molar-refractivity contribution < 1.29 is 29.0 Å². The largest absolute Gasteiger partial charge is 0.493 e. The zero-order valence-corrected chi connectivity index (χ0v) is 22.9. The standard InChI is InChI=1S/C28H31N7O7/c1-40-21-11-19(25(37)18-8-9-18)20(35(38)39)12-22(21)41-10-2-3-23(36)30-13-16-4-6-17(7-5-16)14-42-27-24-26(32-15-31-24)33-28(29)34-27/h4-7,11-12,15,18,25,37H,2-3,8-10,13-14H2,1H3,(H,30,36)(H3,29,31,32,33,34). The molecule has 0 aliphatic heterocycles. The van der Waals surface area contributed by atoms with Crippen LogP contribution in [0.25, 0.3) is 11.2 Å². The number of nitro benzene ring substituents is 1. The summed E-state index contributed by atoms with van der Waals surface area (Å²) in [6, 6.07) is 10.3. The molecule has 1 atom stereocenters. The number of nitrogens with two attached hydrogens (primary N) is 1. The molecule has 14 nitrogen and oxygen atoms in total. The molecule has 2 heterocycles. The molecule has 14 heteroatoms. The number of amides is 1. The Hall–Kier alpha value is -4.98. The highest BCUT2D eigenvalue weighted by Gasteiger charge is 2.36. The van der Waals surface area contributed by atoms with Gasteiger partial charge in [0.25, 0.3) is 5.69 Å². The Labute approximate surface area is 240 Å². The number of aromatic nitrogens is 4. The van der Waals surface area contributed by atoms with Crippen LogP contribution in [0.15, 0.2) is 42.7 Å². The summed E-state index contributed by atoms with van der Waals surface area (Å²) in [5, 5.41) is 24.9. The minimum Gasteiger partial charge on any atom is -0.493 e. The molecule has 5 N–H and O–H groups in total. The molecule has 5 rings (SSSR count). The molecule has 42 heavy (non-hydrogen) atoms. The van der Waals surface area contributed by atoms with Gasteiger partial charge in [0.15, 0.2) is 17.1 Å². The molecule has 2 aromatic carbocycles. The van der Waals surface area contributed by atoms with Crippen LogP contribution in [-0.2, 0) is 17.9 Å². The van der Waals surface area contributed by atoms with Crippen LogP contribution in [0.3, 0.4) is 0 Å². The van der Waals surface area contributed by atoms with Crippen molar-refractivity contribution in [1.29, 1.82) is 0 Å². The first-order valence-corrected chi connectivity index (χ1v) is 13.4. The predicted octanol–water partition coefficient (Wildman–Crippen LogP) is 3.35. The number of carbonyl (C=O) groups excluding carboxylic acids is 1. The summed E-state index contributed by atoms with van der Waals surface area (Å²) in [6.45, 7) is 0.765. The Kier molecular flexibility index (Phi) is 8.62. The summed E-state index contributed by atoms with van der Waals surface area (Å²) in [6.07, 6.45) is 2.84. The number of aromatic amines is 1. The van der Waals surface area contributed by atoms with Gasteiger partial charge in [-0.25, -0.2) is 4.98 Å². The fraction of sp³-hybridized carbons (Fsp3) is 0.357. The van der Waals surface area contributed by atoms with Crippen LogP contribution in [0.1, 0.15) is 48.5 Å². The molecule has 1 unspecified atom stereocenters. The number of hydrogen-bond donors (Lipinski definition) is 4. The van der Waals surface area contributed by atoms with Crippen LogP contribution in [0, 0.1) is 16.0 Å². The number of nitro groups is 1. The van der Waals surface area contributed by atoms with Gasteiger partial charge < -0.3 is 35.4 Å². The van der Waals surface area contributed by atoms with Gasteiger partial charge in [-0.2, -0.15) is 9.97 Å². The van der Waals surface area contributed by atoms with Crippen molar-refractivity contribution in [2.24, 2.45) is 5.92 Å². The quantitative estimate of drug-likeness (QED) is 0.0972. The van der Waals surface area contributed by atoms with Crippen molar-refractivity contribution in [1.82, 2.24) is 25.3 Å². The number of H-pyrrole nitrogens is 1. The van der Waals surface area contributed by atoms with E-state index in [9.17, 15) is 20.0 Å². The lowest BCUT2D eigenvalue weighted by molar-refractivity contribution is -0.386. The van der Waals surface area contributed by atoms with Crippen molar-refractivity contribution in [2.75, 3.05) is 19.5 Å². The predicted molar refractivity (Wildman–Crippen MR) is 151 cm³/mol. The van der Waals surface area contributed by atoms with Crippen molar-refractivity contribution in [2.45, 2.75) is 44.9 Å². The van der Waals surface area contributed by atoms with E-state index in [1.54, 1.807) is 0 Å². The second kappa shape index (κ2) is 12.7. The maximum Gasteiger partial charge on any atom is 0.279 e. The molecule has 2 aromatic heterocycles. The van der Waals surface area contributed by atoms with Crippen LogP contribution >= 0.6 is 0 Å². The second-order valence-corrected chi connectivity index (χ2v) is 9.92. The van der Waals surface area contributed by atoms with Crippen LogP contribution in [-0.4, -0.2) is 49.6 Å². The summed E-state index contributed by atoms with van der Waals surface area (Å²) in [5.74, 6) is 0.745. The smallest absolute Gasteiger partial charge is 0.279 e. The number of methoxy groups -OCH3 is 1. The molecular formula is C28H31N7O7. The molecule has 0 spiro atoms. The number of imidazole rings is 1. The first-order valence-electron chi connectivity index (χ1n) is 13.4. The Morgan fingerprint density at radius 1 is 1.19 bits per heavy atom. The van der Waals surface area contributed by atoms with E-state index in [4.69, 9.17) is 19.9 Å². The van der Waals surface area contributed by atoms with Crippen molar-refractivity contribution in [3.63, 3.8) is 0 Å². The van der Waals surface area contributed by atoms with Crippen molar-refractivity contribution in [3.8, 4) is 17.4 Å². The maximum atomic E-state index is 12.4. The Bertz CT molecular complexity index is 1570. The molecule has 0 bridgehead atoms. The second-order valence-electron chi connectivity index (χ2n) is 9.92. The SMILES string of the molecule is COc1cc(C(O)C2CC2)c([N+](=O)[O-])cc1OCCCC(=O)NCc1ccc(COc2nc(N)nc3nc[nH]c23)cc1. The zero-order chi connectivity index (χ0) is 29.6. The lowest BCUT2D eigenvalue weighted by Crippen LogP contribution is -2.23. The fourth-order valence-corrected chi connectivity index (χ4v) is 4.43. The molecular weight excluding hydrogens is 546 g/mol. The first-order chi connectivity index (χ1) is 20.3. The lowest BCUT2D eigenvalue weighted by Gasteiger charge is -2.15. The highest BCUT2D eigenvalue weighted by atomic mass is 16.6. The normalized spacial score (nSPS) is 13.5. The van der Waals surface area contributed by atoms with E-state index >= 15 is 0 Å². The lowest BCUT2D eigenvalue weighted by atomic mass is 10.0. The summed E-state index contributed by atoms with van der Waals surface area (Å²) < 4.78 is 16.8. The summed E-state index contributed by atoms with van der Waals surface area (Å²) in [4.78, 5) is 38.6. The number of aliphatic hydroxyl groups is 1. The van der Waals surface area contributed by atoms with Gasteiger partial charge in [0.2, 0.25) is 17.7 Å². The Morgan fingerprint density at radius 3 is 2.67 bits per heavy atom. The third-order valence-electron chi connectivity index (χ3n) is 6.86. The number of ether oxygens (including phenoxy) is 3. The molecule has 1 amide bonds. The van der Waals surface area contributed by atoms with Crippen molar-refractivity contribution >= 4 is 28.7 Å². The van der Waals surface area contributed by atoms with Crippen molar-refractivity contribution in [3.05, 3.63) is 69.5 Å². The molecule has 0 radical (unpaired) electrons. The first kappa shape index (κ1) is 28.5. The van der Waals surface area contributed by atoms with Crippen LogP contribution in [0.5, 0.6) is 17.4 Å². The minimum atomic E-state index is -0.917. The molecule has 1 fully saturated rings. The van der Waals surface area contributed by atoms with Gasteiger partial charge in [0.05, 0.1) is 42.7 Å². The van der Waals surface area contributed by atoms with Gasteiger partial charge in [-0.3, -0.25) is 14.9 Å². The number of anilines is 1. The maximum absolute atomic E-state index is 12.4. The van der Waals surface area contributed by atoms with Gasteiger partial charge in [-0.1, -0.05) is 24.3 Å². The van der Waals surface area contributed by atoms with E-state index in [0.717, 1.165) is 24.0 Å². The molecule has 220 valence electrons. The highest BCUT2D eigenvalue weighted by molar-refractivity contribution is 5.76. The summed E-state index contributed by atoms with van der Waals surface area (Å²) >= 11 is 0. The van der Waals surface area contributed by atoms with Gasteiger partial charge >= 0.3 is 0 Å². The molecule has 1 saturated carbocycles. The van der Waals surface area contributed by atoms with Crippen LogP contribution in [0.2, 0.25) is 0 Å². The van der Waals surface area contributed by atoms with Crippen LogP contribution in [0.4, 0.5) is 11.6 Å². The minimum absolute atomic E-state index is 0.0234. The topological polar surface area (TPSA) is 201 Å². The monoisotopic (exact) mass is 577 g/mol. The Balaban J connectivity index is 1.06. The highest BCUT2D eigenvalue weighted by Crippen LogP contribution is 2.46. The van der Waals surface area contributed by atoms with Gasteiger partial charge in [-0.05, 0) is 42.4 Å². The summed E-state index contributed by atoms with van der Waals surface area (Å²) in [5.41, 5.74) is 8.53. The summed E-state index contributed by atoms with van der Waals surface area (Å²) in [7, 11) is 1.43. The fourth-order valence-electron chi connectivity index (χ4n) is 4.43. The van der Waals surface area contributed by atoms with Crippen LogP contribution < -0.4 is 25.3 Å². The molecule has 1 aliphatic rings. The number of carbonyl (C=O) groups is 1. The van der Waals surface area contributed by atoms with E-state index in [1.165, 1.54) is 25.6 Å². The molecule has 0 saturated heterocycles. The number of nitrogens with zero attached hydrogens (tertiary/aromatic N) is 4. The number of fused-ring (bicyclic) bond motifs is 1. The van der Waals surface area contributed by atoms with E-state index in [0.29, 0.717) is 35.8 Å². The van der Waals surface area contributed by atoms with E-state index in [1.807, 2.05) is 24.3 Å². The van der Waals surface area contributed by atoms with E-state index < -0.39 is 11.0 Å². The van der Waals surface area contributed by atoms with E-state index in [-0.39, 0.29) is 54.4 Å².